The van der Waals surface area contributed by atoms with Crippen molar-refractivity contribution >= 4 is 13.5 Å². The summed E-state index contributed by atoms with van der Waals surface area (Å²) in [5.41, 5.74) is 0.660. The number of phenolic OH excluding ortho intramolecular Hbond substituents is 1. The number of aliphatic hydroxyl groups is 2. The fraction of sp³-hybridized carbons (Fsp3) is 0.214. The zero-order valence-electron chi connectivity index (χ0n) is 11.4. The second-order valence-corrected chi connectivity index (χ2v) is 6.16. The molecule has 2 atom stereocenters. The van der Waals surface area contributed by atoms with E-state index >= 15 is 0 Å². The molecular formula is C14H16NO6P. The van der Waals surface area contributed by atoms with E-state index in [1.165, 1.54) is 24.3 Å². The molecule has 8 heteroatoms. The van der Waals surface area contributed by atoms with Crippen LogP contribution in [0.1, 0.15) is 5.56 Å². The summed E-state index contributed by atoms with van der Waals surface area (Å²) in [6, 6.07) is 6.24. The van der Waals surface area contributed by atoms with Gasteiger partial charge in [0.15, 0.2) is 0 Å². The molecule has 0 radical (unpaired) electrons. The van der Waals surface area contributed by atoms with Gasteiger partial charge in [-0.1, -0.05) is 18.2 Å². The summed E-state index contributed by atoms with van der Waals surface area (Å²) in [6.07, 6.45) is 3.10. The summed E-state index contributed by atoms with van der Waals surface area (Å²) < 4.78 is 14.3. The molecule has 7 nitrogen and oxygen atoms in total. The third kappa shape index (κ3) is 4.54. The molecule has 0 aliphatic heterocycles. The highest BCUT2D eigenvalue weighted by atomic mass is 31.2. The minimum atomic E-state index is -4.67. The molecule has 1 aromatic rings. The van der Waals surface area contributed by atoms with Gasteiger partial charge in [-0.3, -0.25) is 0 Å². The zero-order valence-corrected chi connectivity index (χ0v) is 12.3. The normalized spacial score (nSPS) is 21.7. The van der Waals surface area contributed by atoms with Crippen LogP contribution < -0.4 is 0 Å². The molecule has 22 heavy (non-hydrogen) atoms. The second-order valence-electron chi connectivity index (χ2n) is 4.93. The number of nitrogens with zero attached hydrogens (tertiary/aromatic N) is 1. The molecule has 2 rings (SSSR count). The van der Waals surface area contributed by atoms with Gasteiger partial charge in [0.2, 0.25) is 0 Å². The highest BCUT2D eigenvalue weighted by Gasteiger charge is 2.27. The molecule has 0 saturated carbocycles. The van der Waals surface area contributed by atoms with Crippen LogP contribution in [-0.4, -0.2) is 36.9 Å². The van der Waals surface area contributed by atoms with Gasteiger partial charge >= 0.3 is 7.75 Å². The first-order valence-corrected chi connectivity index (χ1v) is 8.01. The minimum Gasteiger partial charge on any atom is -0.508 e. The number of benzene rings is 1. The van der Waals surface area contributed by atoms with Crippen LogP contribution in [0.5, 0.6) is 5.75 Å². The molecule has 0 bridgehead atoms. The Morgan fingerprint density at radius 3 is 2.41 bits per heavy atom. The lowest BCUT2D eigenvalue weighted by atomic mass is 9.89. The van der Waals surface area contributed by atoms with E-state index in [1.54, 1.807) is 12.1 Å². The number of allylic oxidation sites excluding steroid dienone is 2. The van der Waals surface area contributed by atoms with Crippen LogP contribution in [-0.2, 0) is 11.0 Å². The lowest BCUT2D eigenvalue weighted by Gasteiger charge is -2.23. The number of aliphatic hydroxyl groups excluding tert-OH is 2. The Morgan fingerprint density at radius 2 is 1.82 bits per heavy atom. The number of phenols is 1. The van der Waals surface area contributed by atoms with Crippen molar-refractivity contribution in [3.05, 3.63) is 53.8 Å². The molecule has 5 N–H and O–H groups in total. The van der Waals surface area contributed by atoms with Crippen LogP contribution in [0.3, 0.4) is 0 Å². The Balaban J connectivity index is 2.21. The molecule has 1 aliphatic carbocycles. The number of rotatable bonds is 4. The van der Waals surface area contributed by atoms with Crippen molar-refractivity contribution < 1.29 is 29.7 Å². The maximum atomic E-state index is 11.0. The Kier molecular flexibility index (Phi) is 4.83. The van der Waals surface area contributed by atoms with Crippen molar-refractivity contribution in [2.45, 2.75) is 12.5 Å². The molecule has 0 saturated heterocycles. The zero-order chi connectivity index (χ0) is 16.3. The number of hydrogen-bond acceptors (Lipinski definition) is 4. The standard InChI is InChI=1S/C14H16NO6P/c16-10-3-1-9(2-4-10)7-14(18)12-6-5-11(17)8-13(12)15-22(19,20)21/h1-6,8,12,14,16-18H,7H2,(H2,19,20,21)/b15-13+. The van der Waals surface area contributed by atoms with Gasteiger partial charge in [0.25, 0.3) is 0 Å². The molecule has 0 fully saturated rings. The average Bonchev–Trinajstić information content (AvgIpc) is 2.39. The van der Waals surface area contributed by atoms with Gasteiger partial charge in [-0.2, -0.15) is 4.76 Å². The van der Waals surface area contributed by atoms with Crippen LogP contribution in [0, 0.1) is 5.92 Å². The van der Waals surface area contributed by atoms with Crippen molar-refractivity contribution in [1.29, 1.82) is 0 Å². The largest absolute Gasteiger partial charge is 0.508 e. The van der Waals surface area contributed by atoms with Gasteiger partial charge in [0.1, 0.15) is 11.5 Å². The monoisotopic (exact) mass is 325 g/mol. The Labute approximate surface area is 126 Å². The SMILES string of the molecule is O=P(O)(O)/N=C1\C=C(O)C=CC1C(O)Cc1ccc(O)cc1. The molecule has 0 aromatic heterocycles. The van der Waals surface area contributed by atoms with Crippen molar-refractivity contribution in [2.24, 2.45) is 10.7 Å². The third-order valence-corrected chi connectivity index (χ3v) is 3.64. The lowest BCUT2D eigenvalue weighted by Crippen LogP contribution is -2.29. The maximum absolute atomic E-state index is 11.0. The maximum Gasteiger partial charge on any atom is 0.448 e. The van der Waals surface area contributed by atoms with Crippen LogP contribution in [0.15, 0.2) is 53.0 Å². The van der Waals surface area contributed by atoms with Crippen molar-refractivity contribution in [3.63, 3.8) is 0 Å². The summed E-state index contributed by atoms with van der Waals surface area (Å²) >= 11 is 0. The highest BCUT2D eigenvalue weighted by Crippen LogP contribution is 2.38. The fourth-order valence-corrected chi connectivity index (χ4v) is 2.66. The molecule has 0 spiro atoms. The molecule has 118 valence electrons. The molecule has 2 unspecified atom stereocenters. The first-order chi connectivity index (χ1) is 10.2. The van der Waals surface area contributed by atoms with E-state index in [-0.39, 0.29) is 23.6 Å². The Morgan fingerprint density at radius 1 is 1.18 bits per heavy atom. The van der Waals surface area contributed by atoms with E-state index in [0.29, 0.717) is 0 Å². The molecular weight excluding hydrogens is 309 g/mol. The van der Waals surface area contributed by atoms with Gasteiger partial charge in [-0.15, -0.1) is 0 Å². The molecule has 1 aromatic carbocycles. The van der Waals surface area contributed by atoms with E-state index in [2.05, 4.69) is 4.76 Å². The third-order valence-electron chi connectivity index (χ3n) is 3.15. The Hall–Kier alpha value is -1.92. The van der Waals surface area contributed by atoms with Gasteiger partial charge in [-0.25, -0.2) is 4.57 Å². The predicted octanol–water partition coefficient (Wildman–Crippen LogP) is 1.46. The first-order valence-electron chi connectivity index (χ1n) is 6.45. The topological polar surface area (TPSA) is 131 Å². The fourth-order valence-electron chi connectivity index (χ4n) is 2.17. The first kappa shape index (κ1) is 16.5. The average molecular weight is 325 g/mol. The summed E-state index contributed by atoms with van der Waals surface area (Å²) in [5, 5.41) is 28.9. The summed E-state index contributed by atoms with van der Waals surface area (Å²) in [7, 11) is -4.67. The van der Waals surface area contributed by atoms with E-state index in [9.17, 15) is 19.9 Å². The lowest BCUT2D eigenvalue weighted by molar-refractivity contribution is 0.155. The van der Waals surface area contributed by atoms with Crippen LogP contribution >= 0.6 is 7.75 Å². The van der Waals surface area contributed by atoms with E-state index in [0.717, 1.165) is 11.6 Å². The minimum absolute atomic E-state index is 0.0837. The number of hydrogen-bond donors (Lipinski definition) is 5. The van der Waals surface area contributed by atoms with Gasteiger partial charge in [-0.05, 0) is 30.2 Å². The summed E-state index contributed by atoms with van der Waals surface area (Å²) in [4.78, 5) is 17.9. The van der Waals surface area contributed by atoms with Crippen molar-refractivity contribution in [3.8, 4) is 5.75 Å². The predicted molar refractivity (Wildman–Crippen MR) is 80.6 cm³/mol. The molecule has 0 amide bonds. The van der Waals surface area contributed by atoms with Gasteiger partial charge in [0.05, 0.1) is 11.8 Å². The summed E-state index contributed by atoms with van der Waals surface area (Å²) in [5.74, 6) is -0.843. The Bertz CT molecular complexity index is 673. The van der Waals surface area contributed by atoms with Crippen LogP contribution in [0.2, 0.25) is 0 Å². The van der Waals surface area contributed by atoms with Gasteiger partial charge < -0.3 is 25.1 Å². The van der Waals surface area contributed by atoms with Crippen LogP contribution in [0.4, 0.5) is 0 Å². The second kappa shape index (κ2) is 6.46. The van der Waals surface area contributed by atoms with Gasteiger partial charge in [0, 0.05) is 12.0 Å². The highest BCUT2D eigenvalue weighted by molar-refractivity contribution is 7.50. The van der Waals surface area contributed by atoms with E-state index in [1.807, 2.05) is 0 Å². The molecule has 1 aliphatic rings. The smallest absolute Gasteiger partial charge is 0.448 e. The van der Waals surface area contributed by atoms with Crippen molar-refractivity contribution in [2.75, 3.05) is 0 Å². The van der Waals surface area contributed by atoms with Crippen molar-refractivity contribution in [1.82, 2.24) is 0 Å². The quantitative estimate of drug-likeness (QED) is 0.533. The van der Waals surface area contributed by atoms with E-state index < -0.39 is 19.8 Å². The summed E-state index contributed by atoms with van der Waals surface area (Å²) in [6.45, 7) is 0. The van der Waals surface area contributed by atoms with Crippen LogP contribution in [0.25, 0.3) is 0 Å². The molecule has 0 heterocycles. The van der Waals surface area contributed by atoms with E-state index in [4.69, 9.17) is 9.79 Å². The number of aromatic hydroxyl groups is 1.